The summed E-state index contributed by atoms with van der Waals surface area (Å²) in [6.45, 7) is 0.771. The molecule has 9 heteroatoms. The molecule has 2 saturated carbocycles. The molecule has 5 rings (SSSR count). The van der Waals surface area contributed by atoms with Crippen molar-refractivity contribution in [1.82, 2.24) is 9.62 Å². The van der Waals surface area contributed by atoms with E-state index in [0.29, 0.717) is 25.1 Å². The molecule has 1 aliphatic heterocycles. The van der Waals surface area contributed by atoms with Crippen molar-refractivity contribution >= 4 is 33.2 Å². The molecule has 1 N–H and O–H groups in total. The van der Waals surface area contributed by atoms with Gasteiger partial charge in [0.15, 0.2) is 0 Å². The number of thiophene rings is 1. The Morgan fingerprint density at radius 2 is 1.85 bits per heavy atom. The number of methoxy groups -OCH3 is 1. The fraction of sp³-hybridized carbons (Fsp3) is 0.500. The van der Waals surface area contributed by atoms with Crippen molar-refractivity contribution in [2.45, 2.75) is 67.2 Å². The highest BCUT2D eigenvalue weighted by Gasteiger charge is 2.53. The van der Waals surface area contributed by atoms with E-state index in [-0.39, 0.29) is 21.7 Å². The van der Waals surface area contributed by atoms with Crippen molar-refractivity contribution < 1.29 is 22.7 Å². The van der Waals surface area contributed by atoms with E-state index in [1.54, 1.807) is 0 Å². The maximum Gasteiger partial charge on any atom is 0.340 e. The van der Waals surface area contributed by atoms with Crippen LogP contribution in [0.5, 0.6) is 0 Å². The lowest BCUT2D eigenvalue weighted by molar-refractivity contribution is -0.134. The Morgan fingerprint density at radius 1 is 1.15 bits per heavy atom. The summed E-state index contributed by atoms with van der Waals surface area (Å²) in [5, 5.41) is 0. The highest BCUT2D eigenvalue weighted by molar-refractivity contribution is 7.91. The zero-order valence-electron chi connectivity index (χ0n) is 18.6. The van der Waals surface area contributed by atoms with Crippen LogP contribution in [0.25, 0.3) is 0 Å². The molecule has 0 saturated heterocycles. The van der Waals surface area contributed by atoms with Crippen LogP contribution < -0.4 is 4.72 Å². The number of rotatable bonds is 6. The molecule has 1 aromatic heterocycles. The van der Waals surface area contributed by atoms with E-state index < -0.39 is 21.4 Å². The van der Waals surface area contributed by atoms with Gasteiger partial charge in [0.1, 0.15) is 4.21 Å². The van der Waals surface area contributed by atoms with Gasteiger partial charge in [-0.25, -0.2) is 17.9 Å². The molecule has 2 aromatic rings. The van der Waals surface area contributed by atoms with E-state index in [1.165, 1.54) is 7.11 Å². The standard InChI is InChI=1S/C24H28N2O5S2/c1-31-21(27)20-18-11-14-26(23(28)24(12-13-24)16-7-3-2-4-8-16)15-19(18)32-22(20)33(29,30)25-17-9-5-6-10-17/h2-4,7-8,17,25H,5-6,9-15H2,1H3. The third-order valence-corrected chi connectivity index (χ3v) is 10.4. The van der Waals surface area contributed by atoms with Gasteiger partial charge in [0, 0.05) is 17.5 Å². The van der Waals surface area contributed by atoms with Crippen LogP contribution >= 0.6 is 11.3 Å². The van der Waals surface area contributed by atoms with Gasteiger partial charge in [-0.15, -0.1) is 11.3 Å². The Kier molecular flexibility index (Phi) is 5.83. The number of amides is 1. The van der Waals surface area contributed by atoms with Crippen molar-refractivity contribution in [3.63, 3.8) is 0 Å². The topological polar surface area (TPSA) is 92.8 Å². The van der Waals surface area contributed by atoms with Crippen molar-refractivity contribution in [2.75, 3.05) is 13.7 Å². The summed E-state index contributed by atoms with van der Waals surface area (Å²) in [6, 6.07) is 9.75. The minimum absolute atomic E-state index is 0.0183. The molecule has 2 fully saturated rings. The summed E-state index contributed by atoms with van der Waals surface area (Å²) >= 11 is 1.10. The molecule has 2 heterocycles. The van der Waals surface area contributed by atoms with E-state index >= 15 is 0 Å². The zero-order chi connectivity index (χ0) is 23.2. The molecule has 0 spiro atoms. The van der Waals surface area contributed by atoms with Crippen LogP contribution in [0.1, 0.15) is 64.9 Å². The number of sulfonamides is 1. The first-order valence-electron chi connectivity index (χ1n) is 11.5. The Bertz CT molecular complexity index is 1180. The maximum atomic E-state index is 13.5. The van der Waals surface area contributed by atoms with E-state index in [2.05, 4.69) is 4.72 Å². The average molecular weight is 489 g/mol. The molecule has 33 heavy (non-hydrogen) atoms. The Balaban J connectivity index is 1.45. The fourth-order valence-electron chi connectivity index (χ4n) is 5.18. The first-order chi connectivity index (χ1) is 15.9. The van der Waals surface area contributed by atoms with Crippen LogP contribution in [0.4, 0.5) is 0 Å². The first kappa shape index (κ1) is 22.6. The number of hydrogen-bond donors (Lipinski definition) is 1. The van der Waals surface area contributed by atoms with Gasteiger partial charge in [0.05, 0.1) is 24.6 Å². The van der Waals surface area contributed by atoms with Gasteiger partial charge in [-0.2, -0.15) is 0 Å². The quantitative estimate of drug-likeness (QED) is 0.630. The second kappa shape index (κ2) is 8.52. The number of carbonyl (C=O) groups is 2. The molecule has 1 amide bonds. The number of esters is 1. The van der Waals surface area contributed by atoms with Crippen molar-refractivity contribution in [2.24, 2.45) is 0 Å². The van der Waals surface area contributed by atoms with Gasteiger partial charge in [-0.05, 0) is 43.2 Å². The second-order valence-electron chi connectivity index (χ2n) is 9.19. The van der Waals surface area contributed by atoms with Crippen molar-refractivity contribution in [3.05, 3.63) is 51.9 Å². The predicted octanol–water partition coefficient (Wildman–Crippen LogP) is 3.37. The highest BCUT2D eigenvalue weighted by atomic mass is 32.2. The zero-order valence-corrected chi connectivity index (χ0v) is 20.3. The predicted molar refractivity (Wildman–Crippen MR) is 125 cm³/mol. The Hall–Kier alpha value is -2.23. The van der Waals surface area contributed by atoms with Crippen molar-refractivity contribution in [1.29, 1.82) is 0 Å². The monoisotopic (exact) mass is 488 g/mol. The Morgan fingerprint density at radius 3 is 2.48 bits per heavy atom. The van der Waals surface area contributed by atoms with Gasteiger partial charge in [-0.1, -0.05) is 43.2 Å². The lowest BCUT2D eigenvalue weighted by Gasteiger charge is -2.31. The third kappa shape index (κ3) is 4.00. The fourth-order valence-corrected chi connectivity index (χ4v) is 8.40. The summed E-state index contributed by atoms with van der Waals surface area (Å²) < 4.78 is 34.2. The van der Waals surface area contributed by atoms with Gasteiger partial charge in [0.25, 0.3) is 10.0 Å². The lowest BCUT2D eigenvalue weighted by atomic mass is 9.93. The summed E-state index contributed by atoms with van der Waals surface area (Å²) in [7, 11) is -2.59. The molecule has 0 radical (unpaired) electrons. The number of nitrogens with one attached hydrogen (secondary N) is 1. The number of nitrogens with zero attached hydrogens (tertiary/aromatic N) is 1. The smallest absolute Gasteiger partial charge is 0.340 e. The van der Waals surface area contributed by atoms with Gasteiger partial charge >= 0.3 is 5.97 Å². The maximum absolute atomic E-state index is 13.5. The average Bonchev–Trinajstić information content (AvgIpc) is 3.30. The molecule has 176 valence electrons. The number of benzene rings is 1. The molecular weight excluding hydrogens is 460 g/mol. The highest BCUT2D eigenvalue weighted by Crippen LogP contribution is 2.50. The third-order valence-electron chi connectivity index (χ3n) is 7.11. The molecule has 0 bridgehead atoms. The molecule has 2 aliphatic carbocycles. The van der Waals surface area contributed by atoms with E-state index in [0.717, 1.165) is 60.3 Å². The van der Waals surface area contributed by atoms with E-state index in [1.807, 2.05) is 35.2 Å². The van der Waals surface area contributed by atoms with Crippen LogP contribution in [0, 0.1) is 0 Å². The minimum atomic E-state index is -3.86. The Labute approximate surface area is 198 Å². The minimum Gasteiger partial charge on any atom is -0.465 e. The number of ether oxygens (including phenoxy) is 1. The molecule has 3 aliphatic rings. The van der Waals surface area contributed by atoms with Gasteiger partial charge < -0.3 is 9.64 Å². The normalized spacial score (nSPS) is 19.8. The lowest BCUT2D eigenvalue weighted by Crippen LogP contribution is -2.42. The molecular formula is C24H28N2O5S2. The molecule has 0 unspecified atom stereocenters. The van der Waals surface area contributed by atoms with Crippen molar-refractivity contribution in [3.8, 4) is 0 Å². The SMILES string of the molecule is COC(=O)c1c(S(=O)(=O)NC2CCCC2)sc2c1CCN(C(=O)C1(c3ccccc3)CC1)C2. The van der Waals surface area contributed by atoms with E-state index in [9.17, 15) is 18.0 Å². The summed E-state index contributed by atoms with van der Waals surface area (Å²) in [5.74, 6) is -0.553. The second-order valence-corrected chi connectivity index (χ2v) is 12.2. The number of hydrogen-bond acceptors (Lipinski definition) is 6. The molecule has 1 aromatic carbocycles. The first-order valence-corrected chi connectivity index (χ1v) is 13.8. The summed E-state index contributed by atoms with van der Waals surface area (Å²) in [5.41, 5.74) is 1.40. The van der Waals surface area contributed by atoms with Crippen LogP contribution in [0.2, 0.25) is 0 Å². The van der Waals surface area contributed by atoms with Crippen LogP contribution in [0.3, 0.4) is 0 Å². The van der Waals surface area contributed by atoms with Crippen LogP contribution in [-0.4, -0.2) is 44.9 Å². The summed E-state index contributed by atoms with van der Waals surface area (Å²) in [4.78, 5) is 28.7. The van der Waals surface area contributed by atoms with Crippen LogP contribution in [0.15, 0.2) is 34.5 Å². The summed E-state index contributed by atoms with van der Waals surface area (Å²) in [6.07, 6.45) is 5.69. The van der Waals surface area contributed by atoms with Gasteiger partial charge in [0.2, 0.25) is 5.91 Å². The van der Waals surface area contributed by atoms with Gasteiger partial charge in [-0.3, -0.25) is 4.79 Å². The largest absolute Gasteiger partial charge is 0.465 e. The van der Waals surface area contributed by atoms with Crippen LogP contribution in [-0.2, 0) is 37.9 Å². The molecule has 7 nitrogen and oxygen atoms in total. The van der Waals surface area contributed by atoms with E-state index in [4.69, 9.17) is 4.74 Å². The number of fused-ring (bicyclic) bond motifs is 1. The number of carbonyl (C=O) groups excluding carboxylic acids is 2. The molecule has 0 atom stereocenters.